The Morgan fingerprint density at radius 1 is 1.05 bits per heavy atom. The minimum absolute atomic E-state index is 0.115. The zero-order chi connectivity index (χ0) is 15.0. The number of fused-ring (bicyclic) bond motifs is 1. The molecule has 0 spiro atoms. The first kappa shape index (κ1) is 14.0. The second kappa shape index (κ2) is 5.46. The van der Waals surface area contributed by atoms with Crippen molar-refractivity contribution in [3.05, 3.63) is 59.2 Å². The summed E-state index contributed by atoms with van der Waals surface area (Å²) in [5, 5.41) is 18.3. The van der Waals surface area contributed by atoms with E-state index in [2.05, 4.69) is 0 Å². The molecule has 0 amide bonds. The SMILES string of the molecule is OB(O)c1cc(F)cc(CN2CCc3ccc(F)cc32)c1. The second-order valence-electron chi connectivity index (χ2n) is 5.21. The predicted molar refractivity (Wildman–Crippen MR) is 77.4 cm³/mol. The summed E-state index contributed by atoms with van der Waals surface area (Å²) in [5.74, 6) is -0.819. The molecule has 108 valence electrons. The minimum Gasteiger partial charge on any atom is -0.423 e. The van der Waals surface area contributed by atoms with Crippen LogP contribution in [0.1, 0.15) is 11.1 Å². The predicted octanol–water partition coefficient (Wildman–Crippen LogP) is 1.21. The Balaban J connectivity index is 1.87. The molecule has 0 saturated heterocycles. The molecule has 6 heteroatoms. The molecule has 3 rings (SSSR count). The van der Waals surface area contributed by atoms with Gasteiger partial charge in [0.15, 0.2) is 0 Å². The summed E-state index contributed by atoms with van der Waals surface area (Å²) in [6.07, 6.45) is 0.820. The lowest BCUT2D eigenvalue weighted by Crippen LogP contribution is -2.31. The molecule has 2 aromatic carbocycles. The van der Waals surface area contributed by atoms with E-state index in [-0.39, 0.29) is 11.3 Å². The number of hydrogen-bond donors (Lipinski definition) is 2. The molecular weight excluding hydrogens is 275 g/mol. The highest BCUT2D eigenvalue weighted by atomic mass is 19.1. The van der Waals surface area contributed by atoms with Crippen LogP contribution < -0.4 is 10.4 Å². The van der Waals surface area contributed by atoms with Crippen LogP contribution in [0.5, 0.6) is 0 Å². The largest absolute Gasteiger partial charge is 0.488 e. The Kier molecular flexibility index (Phi) is 3.65. The molecule has 3 nitrogen and oxygen atoms in total. The number of nitrogens with zero attached hydrogens (tertiary/aromatic N) is 1. The van der Waals surface area contributed by atoms with Crippen LogP contribution in [-0.2, 0) is 13.0 Å². The normalized spacial score (nSPS) is 13.4. The first-order valence-electron chi connectivity index (χ1n) is 6.72. The summed E-state index contributed by atoms with van der Waals surface area (Å²) in [4.78, 5) is 1.96. The molecule has 2 aromatic rings. The van der Waals surface area contributed by atoms with Gasteiger partial charge in [-0.2, -0.15) is 0 Å². The van der Waals surface area contributed by atoms with Gasteiger partial charge < -0.3 is 14.9 Å². The minimum atomic E-state index is -1.71. The number of benzene rings is 2. The molecule has 0 saturated carbocycles. The van der Waals surface area contributed by atoms with Crippen molar-refractivity contribution in [1.82, 2.24) is 0 Å². The first-order chi connectivity index (χ1) is 10.0. The van der Waals surface area contributed by atoms with Gasteiger partial charge in [-0.25, -0.2) is 8.78 Å². The van der Waals surface area contributed by atoms with E-state index < -0.39 is 12.9 Å². The fourth-order valence-corrected chi connectivity index (χ4v) is 2.72. The van der Waals surface area contributed by atoms with Crippen LogP contribution in [0.3, 0.4) is 0 Å². The zero-order valence-electron chi connectivity index (χ0n) is 11.3. The van der Waals surface area contributed by atoms with Gasteiger partial charge in [0.2, 0.25) is 0 Å². The van der Waals surface area contributed by atoms with Gasteiger partial charge in [0, 0.05) is 18.8 Å². The van der Waals surface area contributed by atoms with Crippen LogP contribution in [0, 0.1) is 11.6 Å². The molecular formula is C15H14BF2NO2. The molecule has 1 heterocycles. The first-order valence-corrected chi connectivity index (χ1v) is 6.72. The molecule has 0 atom stereocenters. The number of anilines is 1. The van der Waals surface area contributed by atoms with E-state index in [0.717, 1.165) is 30.3 Å². The summed E-state index contributed by atoms with van der Waals surface area (Å²) in [7, 11) is -1.71. The maximum absolute atomic E-state index is 13.5. The van der Waals surface area contributed by atoms with Crippen LogP contribution >= 0.6 is 0 Å². The molecule has 21 heavy (non-hydrogen) atoms. The number of hydrogen-bond acceptors (Lipinski definition) is 3. The van der Waals surface area contributed by atoms with Gasteiger partial charge in [-0.1, -0.05) is 12.1 Å². The monoisotopic (exact) mass is 289 g/mol. The Labute approximate surface area is 121 Å². The van der Waals surface area contributed by atoms with Crippen molar-refractivity contribution in [2.45, 2.75) is 13.0 Å². The van der Waals surface area contributed by atoms with Crippen molar-refractivity contribution >= 4 is 18.3 Å². The van der Waals surface area contributed by atoms with Crippen LogP contribution in [0.2, 0.25) is 0 Å². The summed E-state index contributed by atoms with van der Waals surface area (Å²) in [6.45, 7) is 1.13. The van der Waals surface area contributed by atoms with E-state index in [4.69, 9.17) is 10.0 Å². The summed E-state index contributed by atoms with van der Waals surface area (Å²) in [6, 6.07) is 8.66. The summed E-state index contributed by atoms with van der Waals surface area (Å²) in [5.41, 5.74) is 2.61. The fraction of sp³-hybridized carbons (Fsp3) is 0.200. The van der Waals surface area contributed by atoms with Crippen molar-refractivity contribution < 1.29 is 18.8 Å². The van der Waals surface area contributed by atoms with Crippen molar-refractivity contribution in [3.8, 4) is 0 Å². The molecule has 0 aliphatic carbocycles. The van der Waals surface area contributed by atoms with Crippen molar-refractivity contribution in [1.29, 1.82) is 0 Å². The topological polar surface area (TPSA) is 43.7 Å². The van der Waals surface area contributed by atoms with Crippen molar-refractivity contribution in [2.24, 2.45) is 0 Å². The molecule has 0 radical (unpaired) electrons. The van der Waals surface area contributed by atoms with Crippen LogP contribution in [0.4, 0.5) is 14.5 Å². The Morgan fingerprint density at radius 2 is 1.86 bits per heavy atom. The van der Waals surface area contributed by atoms with Crippen molar-refractivity contribution in [2.75, 3.05) is 11.4 Å². The van der Waals surface area contributed by atoms with Gasteiger partial charge in [0.1, 0.15) is 11.6 Å². The van der Waals surface area contributed by atoms with Gasteiger partial charge in [-0.05, 0) is 47.3 Å². The molecule has 0 unspecified atom stereocenters. The Morgan fingerprint density at radius 3 is 2.62 bits per heavy atom. The maximum Gasteiger partial charge on any atom is 0.488 e. The van der Waals surface area contributed by atoms with Gasteiger partial charge in [0.25, 0.3) is 0 Å². The molecule has 0 fully saturated rings. The van der Waals surface area contributed by atoms with E-state index in [1.165, 1.54) is 18.2 Å². The van der Waals surface area contributed by atoms with E-state index in [1.807, 2.05) is 4.90 Å². The van der Waals surface area contributed by atoms with Crippen LogP contribution in [-0.4, -0.2) is 23.7 Å². The summed E-state index contributed by atoms with van der Waals surface area (Å²) >= 11 is 0. The quantitative estimate of drug-likeness (QED) is 0.835. The molecule has 0 aromatic heterocycles. The average Bonchev–Trinajstić information content (AvgIpc) is 2.80. The van der Waals surface area contributed by atoms with E-state index in [9.17, 15) is 8.78 Å². The molecule has 1 aliphatic heterocycles. The van der Waals surface area contributed by atoms with Crippen LogP contribution in [0.15, 0.2) is 36.4 Å². The van der Waals surface area contributed by atoms with E-state index in [0.29, 0.717) is 12.1 Å². The fourth-order valence-electron chi connectivity index (χ4n) is 2.72. The number of halogens is 2. The maximum atomic E-state index is 13.5. The summed E-state index contributed by atoms with van der Waals surface area (Å²) < 4.78 is 26.9. The highest BCUT2D eigenvalue weighted by Gasteiger charge is 2.21. The third-order valence-electron chi connectivity index (χ3n) is 3.69. The van der Waals surface area contributed by atoms with Gasteiger partial charge >= 0.3 is 7.12 Å². The molecule has 2 N–H and O–H groups in total. The van der Waals surface area contributed by atoms with Crippen LogP contribution in [0.25, 0.3) is 0 Å². The third kappa shape index (κ3) is 2.91. The second-order valence-corrected chi connectivity index (χ2v) is 5.21. The van der Waals surface area contributed by atoms with Gasteiger partial charge in [0.05, 0.1) is 0 Å². The lowest BCUT2D eigenvalue weighted by atomic mass is 9.79. The lowest BCUT2D eigenvalue weighted by Gasteiger charge is -2.20. The van der Waals surface area contributed by atoms with Gasteiger partial charge in [-0.3, -0.25) is 0 Å². The lowest BCUT2D eigenvalue weighted by molar-refractivity contribution is 0.425. The number of rotatable bonds is 3. The standard InChI is InChI=1S/C15H14BF2NO2/c17-13-2-1-11-3-4-19(15(11)8-13)9-10-5-12(16(20)21)7-14(18)6-10/h1-2,5-8,20-21H,3-4,9H2. The third-order valence-corrected chi connectivity index (χ3v) is 3.69. The van der Waals surface area contributed by atoms with E-state index in [1.54, 1.807) is 12.1 Å². The highest BCUT2D eigenvalue weighted by Crippen LogP contribution is 2.29. The molecule has 1 aliphatic rings. The van der Waals surface area contributed by atoms with E-state index >= 15 is 0 Å². The Hall–Kier alpha value is -1.92. The average molecular weight is 289 g/mol. The zero-order valence-corrected chi connectivity index (χ0v) is 11.3. The molecule has 0 bridgehead atoms. The highest BCUT2D eigenvalue weighted by molar-refractivity contribution is 6.58. The Bertz CT molecular complexity index is 679. The van der Waals surface area contributed by atoms with Crippen molar-refractivity contribution in [3.63, 3.8) is 0 Å². The van der Waals surface area contributed by atoms with Gasteiger partial charge in [-0.15, -0.1) is 0 Å². The smallest absolute Gasteiger partial charge is 0.423 e.